The number of hydrogen-bond donors (Lipinski definition) is 2. The van der Waals surface area contributed by atoms with Gasteiger partial charge in [-0.1, -0.05) is 12.1 Å². The summed E-state index contributed by atoms with van der Waals surface area (Å²) < 4.78 is 11.9. The molecule has 11 nitrogen and oxygen atoms in total. The molecule has 2 N–H and O–H groups in total. The molecule has 1 fully saturated rings. The van der Waals surface area contributed by atoms with Crippen molar-refractivity contribution in [1.29, 1.82) is 0 Å². The van der Waals surface area contributed by atoms with Gasteiger partial charge in [0.2, 0.25) is 0 Å². The van der Waals surface area contributed by atoms with Crippen molar-refractivity contribution in [3.63, 3.8) is 0 Å². The van der Waals surface area contributed by atoms with E-state index < -0.39 is 17.9 Å². The summed E-state index contributed by atoms with van der Waals surface area (Å²) in [7, 11) is 0. The third-order valence-corrected chi connectivity index (χ3v) is 5.74. The van der Waals surface area contributed by atoms with Gasteiger partial charge in [-0.3, -0.25) is 19.1 Å². The summed E-state index contributed by atoms with van der Waals surface area (Å²) in [4.78, 5) is 57.5. The first kappa shape index (κ1) is 20.7. The zero-order chi connectivity index (χ0) is 23.1. The number of pyridine rings is 1. The number of nitrogens with zero attached hydrogens (tertiary/aromatic N) is 3. The molecular formula is C22H21N5O6. The molecule has 0 bridgehead atoms. The van der Waals surface area contributed by atoms with Gasteiger partial charge in [-0.2, -0.15) is 0 Å². The predicted molar refractivity (Wildman–Crippen MR) is 119 cm³/mol. The lowest BCUT2D eigenvalue weighted by atomic mass is 10.1. The number of carbonyl (C=O) groups is 2. The van der Waals surface area contributed by atoms with Crippen LogP contribution in [0.25, 0.3) is 10.9 Å². The Morgan fingerprint density at radius 2 is 2.00 bits per heavy atom. The quantitative estimate of drug-likeness (QED) is 0.600. The van der Waals surface area contributed by atoms with E-state index in [0.29, 0.717) is 35.3 Å². The van der Waals surface area contributed by atoms with Crippen molar-refractivity contribution in [2.45, 2.75) is 32.4 Å². The molecule has 0 radical (unpaired) electrons. The minimum Gasteiger partial charge on any atom is -0.480 e. The highest BCUT2D eigenvalue weighted by Crippen LogP contribution is 2.30. The fourth-order valence-electron chi connectivity index (χ4n) is 4.07. The van der Waals surface area contributed by atoms with E-state index >= 15 is 0 Å². The minimum absolute atomic E-state index is 0.0788. The number of aromatic amines is 1. The van der Waals surface area contributed by atoms with Crippen LogP contribution in [0.3, 0.4) is 0 Å². The van der Waals surface area contributed by atoms with E-state index in [0.717, 1.165) is 5.56 Å². The molecular weight excluding hydrogens is 430 g/mol. The number of anilines is 2. The molecule has 2 aliphatic heterocycles. The Bertz CT molecular complexity index is 1390. The van der Waals surface area contributed by atoms with E-state index in [9.17, 15) is 19.2 Å². The third-order valence-electron chi connectivity index (χ3n) is 5.74. The lowest BCUT2D eigenvalue weighted by Gasteiger charge is -2.19. The number of fused-ring (bicyclic) bond motifs is 2. The monoisotopic (exact) mass is 451 g/mol. The highest BCUT2D eigenvalue weighted by molar-refractivity contribution is 5.95. The van der Waals surface area contributed by atoms with E-state index in [4.69, 9.17) is 9.47 Å². The molecule has 0 saturated carbocycles. The number of aromatic nitrogens is 3. The lowest BCUT2D eigenvalue weighted by molar-refractivity contribution is -0.118. The van der Waals surface area contributed by atoms with Crippen LogP contribution in [0.2, 0.25) is 0 Å². The van der Waals surface area contributed by atoms with Crippen molar-refractivity contribution in [2.24, 2.45) is 0 Å². The van der Waals surface area contributed by atoms with Gasteiger partial charge in [0, 0.05) is 6.54 Å². The maximum Gasteiger partial charge on any atom is 0.415 e. The lowest BCUT2D eigenvalue weighted by Crippen LogP contribution is -2.35. The molecule has 2 aliphatic rings. The molecule has 11 heteroatoms. The van der Waals surface area contributed by atoms with E-state index in [-0.39, 0.29) is 37.0 Å². The topological polar surface area (TPSA) is 136 Å². The fraction of sp³-hybridized carbons (Fsp3) is 0.318. The zero-order valence-electron chi connectivity index (χ0n) is 17.8. The number of para-hydroxylation sites is 1. The van der Waals surface area contributed by atoms with Crippen LogP contribution in [0.5, 0.6) is 5.75 Å². The van der Waals surface area contributed by atoms with Crippen molar-refractivity contribution in [3.8, 4) is 5.75 Å². The largest absolute Gasteiger partial charge is 0.480 e. The molecule has 2 amide bonds. The second kappa shape index (κ2) is 8.08. The van der Waals surface area contributed by atoms with Gasteiger partial charge in [0.05, 0.1) is 17.4 Å². The number of amides is 2. The molecule has 0 unspecified atom stereocenters. The highest BCUT2D eigenvalue weighted by atomic mass is 16.6. The van der Waals surface area contributed by atoms with Gasteiger partial charge in [-0.05, 0) is 43.5 Å². The first-order chi connectivity index (χ1) is 15.9. The van der Waals surface area contributed by atoms with Gasteiger partial charge in [-0.15, -0.1) is 0 Å². The number of cyclic esters (lactones) is 1. The minimum atomic E-state index is -0.549. The Balaban J connectivity index is 1.26. The number of carbonyl (C=O) groups excluding carboxylic acids is 2. The van der Waals surface area contributed by atoms with E-state index in [2.05, 4.69) is 15.3 Å². The molecule has 0 aliphatic carbocycles. The van der Waals surface area contributed by atoms with Crippen LogP contribution in [0.15, 0.2) is 39.9 Å². The zero-order valence-corrected chi connectivity index (χ0v) is 17.8. The van der Waals surface area contributed by atoms with Gasteiger partial charge in [0.1, 0.15) is 11.9 Å². The Morgan fingerprint density at radius 1 is 1.15 bits per heavy atom. The number of H-pyrrole nitrogens is 1. The summed E-state index contributed by atoms with van der Waals surface area (Å²) >= 11 is 0. The summed E-state index contributed by atoms with van der Waals surface area (Å²) in [5.74, 6) is 0.710. The maximum atomic E-state index is 12.8. The van der Waals surface area contributed by atoms with Crippen LogP contribution in [0.1, 0.15) is 18.4 Å². The molecule has 5 rings (SSSR count). The smallest absolute Gasteiger partial charge is 0.415 e. The number of nitrogens with one attached hydrogen (secondary N) is 2. The van der Waals surface area contributed by atoms with Crippen molar-refractivity contribution in [3.05, 3.63) is 56.7 Å². The summed E-state index contributed by atoms with van der Waals surface area (Å²) in [6.45, 7) is 2.22. The second-order valence-electron chi connectivity index (χ2n) is 8.00. The Morgan fingerprint density at radius 3 is 2.85 bits per heavy atom. The van der Waals surface area contributed by atoms with Crippen LogP contribution >= 0.6 is 0 Å². The number of ether oxygens (including phenoxy) is 2. The predicted octanol–water partition coefficient (Wildman–Crippen LogP) is 1.53. The molecule has 33 heavy (non-hydrogen) atoms. The number of rotatable bonds is 5. The van der Waals surface area contributed by atoms with Crippen molar-refractivity contribution < 1.29 is 19.1 Å². The van der Waals surface area contributed by atoms with Crippen LogP contribution in [0.4, 0.5) is 16.4 Å². The average Bonchev–Trinajstić information content (AvgIpc) is 3.16. The van der Waals surface area contributed by atoms with Gasteiger partial charge in [-0.25, -0.2) is 14.6 Å². The van der Waals surface area contributed by atoms with E-state index in [1.165, 1.54) is 9.47 Å². The Hall–Kier alpha value is -4.15. The molecule has 1 atom stereocenters. The maximum absolute atomic E-state index is 12.8. The molecule has 1 aromatic carbocycles. The van der Waals surface area contributed by atoms with Gasteiger partial charge >= 0.3 is 11.8 Å². The summed E-state index contributed by atoms with van der Waals surface area (Å²) in [6, 6.07) is 8.56. The van der Waals surface area contributed by atoms with Crippen LogP contribution < -0.4 is 26.2 Å². The summed E-state index contributed by atoms with van der Waals surface area (Å²) in [6.07, 6.45) is -0.0383. The van der Waals surface area contributed by atoms with E-state index in [1.54, 1.807) is 24.3 Å². The number of aryl methyl sites for hydroxylation is 1. The molecule has 0 spiro atoms. The van der Waals surface area contributed by atoms with Crippen molar-refractivity contribution in [2.75, 3.05) is 23.4 Å². The molecule has 1 saturated heterocycles. The van der Waals surface area contributed by atoms with Gasteiger partial charge < -0.3 is 19.8 Å². The standard InChI is InChI=1S/C22H21N5O6/c1-12-4-2-6-14-18(12)25-21(30)26(20(14)29)9-3-5-13-10-27(22(31)33-13)16-8-7-15-19(23-16)24-17(28)11-32-15/h2,4,6-8,13H,3,5,9-11H2,1H3,(H,25,30)(H,23,24,28)/t13-/m1/s1. The van der Waals surface area contributed by atoms with Crippen molar-refractivity contribution in [1.82, 2.24) is 14.5 Å². The van der Waals surface area contributed by atoms with Crippen LogP contribution in [-0.2, 0) is 16.1 Å². The first-order valence-electron chi connectivity index (χ1n) is 10.5. The molecule has 4 heterocycles. The highest BCUT2D eigenvalue weighted by Gasteiger charge is 2.33. The van der Waals surface area contributed by atoms with Gasteiger partial charge in [0.25, 0.3) is 11.5 Å². The fourth-order valence-corrected chi connectivity index (χ4v) is 4.07. The van der Waals surface area contributed by atoms with Crippen LogP contribution in [-0.4, -0.2) is 45.8 Å². The SMILES string of the molecule is Cc1cccc2c(=O)n(CCC[C@@H]3CN(c4ccc5c(n4)NC(=O)CO5)C(=O)O3)c(=O)[nH]c12. The Kier molecular flexibility index (Phi) is 5.08. The molecule has 2 aromatic heterocycles. The van der Waals surface area contributed by atoms with E-state index in [1.807, 2.05) is 13.0 Å². The summed E-state index contributed by atoms with van der Waals surface area (Å²) in [5.41, 5.74) is 0.566. The summed E-state index contributed by atoms with van der Waals surface area (Å²) in [5, 5.41) is 3.07. The first-order valence-corrected chi connectivity index (χ1v) is 10.5. The van der Waals surface area contributed by atoms with Crippen molar-refractivity contribution >= 4 is 34.5 Å². The Labute approximate surface area is 186 Å². The van der Waals surface area contributed by atoms with Gasteiger partial charge in [0.15, 0.2) is 18.2 Å². The van der Waals surface area contributed by atoms with Crippen LogP contribution in [0, 0.1) is 6.92 Å². The molecule has 3 aromatic rings. The normalized spacial score (nSPS) is 17.5. The number of hydrogen-bond acceptors (Lipinski definition) is 7. The second-order valence-corrected chi connectivity index (χ2v) is 8.00. The average molecular weight is 451 g/mol. The number of benzene rings is 1. The molecule has 170 valence electrons. The third kappa shape index (κ3) is 3.81.